The molecule has 1 aromatic carbocycles. The molecule has 0 N–H and O–H groups in total. The second-order valence-electron chi connectivity index (χ2n) is 6.19. The number of carbonyl (C=O) groups is 1. The van der Waals surface area contributed by atoms with Gasteiger partial charge >= 0.3 is 6.18 Å². The molecular weight excluding hydrogens is 367 g/mol. The summed E-state index contributed by atoms with van der Waals surface area (Å²) >= 11 is 0. The molecule has 0 aliphatic rings. The summed E-state index contributed by atoms with van der Waals surface area (Å²) in [5.74, 6) is -0.616. The van der Waals surface area contributed by atoms with E-state index in [1.165, 1.54) is 6.92 Å². The van der Waals surface area contributed by atoms with E-state index in [1.807, 2.05) is 0 Å². The van der Waals surface area contributed by atoms with Crippen LogP contribution in [0.4, 0.5) is 13.2 Å². The lowest BCUT2D eigenvalue weighted by Crippen LogP contribution is -2.13. The van der Waals surface area contributed by atoms with Crippen LogP contribution in [-0.4, -0.2) is 19.2 Å². The van der Waals surface area contributed by atoms with E-state index in [1.54, 1.807) is 26.8 Å². The van der Waals surface area contributed by atoms with Crippen molar-refractivity contribution in [3.05, 3.63) is 57.8 Å². The molecule has 0 spiro atoms. The second-order valence-corrected chi connectivity index (χ2v) is 8.12. The lowest BCUT2D eigenvalue weighted by Gasteiger charge is -2.16. The summed E-state index contributed by atoms with van der Waals surface area (Å²) in [6.07, 6.45) is -4.08. The molecule has 2 aromatic rings. The number of nitrogens with zero attached hydrogens (tertiary/aromatic N) is 1. The molecule has 0 atom stereocenters. The first-order valence-electron chi connectivity index (χ1n) is 7.71. The standard InChI is InChI=1S/C18H18F3NO3S/c1-10-7-11(2)17(13(4)23)12(3)15(10)9-26(24,25)16-6-5-14(8-22-16)18(19,20)21/h5-8H,9H2,1-4H3. The Morgan fingerprint density at radius 2 is 1.73 bits per heavy atom. The molecule has 8 heteroatoms. The second kappa shape index (κ2) is 6.83. The normalized spacial score (nSPS) is 12.3. The molecule has 0 amide bonds. The third kappa shape index (κ3) is 3.95. The van der Waals surface area contributed by atoms with Gasteiger partial charge in [0.15, 0.2) is 20.6 Å². The fourth-order valence-electron chi connectivity index (χ4n) is 2.99. The minimum Gasteiger partial charge on any atom is -0.294 e. The van der Waals surface area contributed by atoms with Crippen molar-refractivity contribution in [3.8, 4) is 0 Å². The lowest BCUT2D eigenvalue weighted by atomic mass is 9.92. The van der Waals surface area contributed by atoms with Crippen LogP contribution in [0.1, 0.15) is 45.1 Å². The molecule has 1 heterocycles. The Bertz CT molecular complexity index is 963. The highest BCUT2D eigenvalue weighted by Crippen LogP contribution is 2.30. The van der Waals surface area contributed by atoms with Crippen molar-refractivity contribution < 1.29 is 26.4 Å². The van der Waals surface area contributed by atoms with Gasteiger partial charge in [-0.25, -0.2) is 13.4 Å². The third-order valence-electron chi connectivity index (χ3n) is 4.20. The van der Waals surface area contributed by atoms with Crippen molar-refractivity contribution in [1.82, 2.24) is 4.98 Å². The number of benzene rings is 1. The van der Waals surface area contributed by atoms with Crippen LogP contribution in [0.15, 0.2) is 29.4 Å². The highest BCUT2D eigenvalue weighted by molar-refractivity contribution is 7.90. The van der Waals surface area contributed by atoms with Crippen LogP contribution in [0.3, 0.4) is 0 Å². The van der Waals surface area contributed by atoms with Gasteiger partial charge in [-0.2, -0.15) is 13.2 Å². The van der Waals surface area contributed by atoms with E-state index < -0.39 is 32.4 Å². The summed E-state index contributed by atoms with van der Waals surface area (Å²) < 4.78 is 63.0. The summed E-state index contributed by atoms with van der Waals surface area (Å²) in [7, 11) is -3.97. The van der Waals surface area contributed by atoms with E-state index in [-0.39, 0.29) is 5.78 Å². The summed E-state index contributed by atoms with van der Waals surface area (Å²) in [6, 6.07) is 3.27. The number of rotatable bonds is 4. The van der Waals surface area contributed by atoms with Crippen molar-refractivity contribution in [1.29, 1.82) is 0 Å². The first-order chi connectivity index (χ1) is 11.8. The number of aryl methyl sites for hydroxylation is 2. The number of halogens is 3. The van der Waals surface area contributed by atoms with Gasteiger partial charge in [0.1, 0.15) is 0 Å². The summed E-state index contributed by atoms with van der Waals surface area (Å²) in [5.41, 5.74) is 1.91. The van der Waals surface area contributed by atoms with Crippen LogP contribution < -0.4 is 0 Å². The molecule has 140 valence electrons. The number of pyridine rings is 1. The Morgan fingerprint density at radius 1 is 1.12 bits per heavy atom. The van der Waals surface area contributed by atoms with Crippen molar-refractivity contribution in [2.24, 2.45) is 0 Å². The fourth-order valence-corrected chi connectivity index (χ4v) is 4.45. The minimum absolute atomic E-state index is 0.175. The van der Waals surface area contributed by atoms with Crippen LogP contribution in [0.5, 0.6) is 0 Å². The molecule has 0 unspecified atom stereocenters. The third-order valence-corrected chi connectivity index (χ3v) is 5.75. The number of sulfone groups is 1. The number of alkyl halides is 3. The smallest absolute Gasteiger partial charge is 0.294 e. The maximum Gasteiger partial charge on any atom is 0.417 e. The largest absolute Gasteiger partial charge is 0.417 e. The fraction of sp³-hybridized carbons (Fsp3) is 0.333. The Balaban J connectivity index is 2.48. The molecule has 0 aliphatic carbocycles. The first kappa shape index (κ1) is 20.1. The average Bonchev–Trinajstić information content (AvgIpc) is 2.50. The van der Waals surface area contributed by atoms with Gasteiger partial charge in [0, 0.05) is 11.8 Å². The topological polar surface area (TPSA) is 64.1 Å². The molecule has 2 rings (SSSR count). The van der Waals surface area contributed by atoms with Crippen LogP contribution in [-0.2, 0) is 21.8 Å². The van der Waals surface area contributed by atoms with Gasteiger partial charge in [0.25, 0.3) is 0 Å². The van der Waals surface area contributed by atoms with E-state index in [2.05, 4.69) is 4.98 Å². The van der Waals surface area contributed by atoms with E-state index in [0.29, 0.717) is 34.5 Å². The number of carbonyl (C=O) groups excluding carboxylic acids is 1. The molecule has 0 fully saturated rings. The number of ketones is 1. The zero-order valence-corrected chi connectivity index (χ0v) is 15.5. The van der Waals surface area contributed by atoms with Gasteiger partial charge < -0.3 is 0 Å². The number of Topliss-reactive ketones (excluding diaryl/α,β-unsaturated/α-hetero) is 1. The maximum atomic E-state index is 12.6. The molecule has 4 nitrogen and oxygen atoms in total. The molecule has 0 radical (unpaired) electrons. The molecule has 0 bridgehead atoms. The summed E-state index contributed by atoms with van der Waals surface area (Å²) in [4.78, 5) is 15.3. The Hall–Kier alpha value is -2.22. The Labute approximate surface area is 150 Å². The van der Waals surface area contributed by atoms with Gasteiger partial charge in [0.05, 0.1) is 11.3 Å². The van der Waals surface area contributed by atoms with Crippen molar-refractivity contribution in [3.63, 3.8) is 0 Å². The molecule has 0 saturated heterocycles. The monoisotopic (exact) mass is 385 g/mol. The SMILES string of the molecule is CC(=O)c1c(C)cc(C)c(CS(=O)(=O)c2ccc(C(F)(F)F)cn2)c1C. The number of hydrogen-bond acceptors (Lipinski definition) is 4. The molecule has 1 aromatic heterocycles. The zero-order chi connectivity index (χ0) is 19.9. The van der Waals surface area contributed by atoms with E-state index >= 15 is 0 Å². The van der Waals surface area contributed by atoms with Crippen molar-refractivity contribution in [2.75, 3.05) is 0 Å². The Kier molecular flexibility index (Phi) is 5.28. The van der Waals surface area contributed by atoms with E-state index in [9.17, 15) is 26.4 Å². The van der Waals surface area contributed by atoms with Crippen LogP contribution >= 0.6 is 0 Å². The molecule has 26 heavy (non-hydrogen) atoms. The van der Waals surface area contributed by atoms with Crippen molar-refractivity contribution in [2.45, 2.75) is 44.7 Å². The van der Waals surface area contributed by atoms with E-state index in [0.717, 1.165) is 11.6 Å². The zero-order valence-electron chi connectivity index (χ0n) is 14.7. The van der Waals surface area contributed by atoms with Gasteiger partial charge in [-0.15, -0.1) is 0 Å². The minimum atomic E-state index is -4.59. The van der Waals surface area contributed by atoms with Gasteiger partial charge in [-0.05, 0) is 62.1 Å². The molecule has 0 saturated carbocycles. The van der Waals surface area contributed by atoms with E-state index in [4.69, 9.17) is 0 Å². The average molecular weight is 385 g/mol. The molecular formula is C18H18F3NO3S. The number of aromatic nitrogens is 1. The summed E-state index contributed by atoms with van der Waals surface area (Å²) in [5, 5.41) is -0.436. The quantitative estimate of drug-likeness (QED) is 0.740. The highest BCUT2D eigenvalue weighted by atomic mass is 32.2. The molecule has 0 aliphatic heterocycles. The van der Waals surface area contributed by atoms with Gasteiger partial charge in [0.2, 0.25) is 0 Å². The van der Waals surface area contributed by atoms with Gasteiger partial charge in [-0.3, -0.25) is 4.79 Å². The lowest BCUT2D eigenvalue weighted by molar-refractivity contribution is -0.137. The first-order valence-corrected chi connectivity index (χ1v) is 9.36. The van der Waals surface area contributed by atoms with Crippen molar-refractivity contribution >= 4 is 15.6 Å². The predicted molar refractivity (Wildman–Crippen MR) is 90.8 cm³/mol. The van der Waals surface area contributed by atoms with Crippen LogP contribution in [0, 0.1) is 20.8 Å². The van der Waals surface area contributed by atoms with Gasteiger partial charge in [-0.1, -0.05) is 6.07 Å². The van der Waals surface area contributed by atoms with Crippen LogP contribution in [0.2, 0.25) is 0 Å². The Morgan fingerprint density at radius 3 is 2.19 bits per heavy atom. The predicted octanol–water partition coefficient (Wildman–Crippen LogP) is 4.20. The van der Waals surface area contributed by atoms with Crippen LogP contribution in [0.25, 0.3) is 0 Å². The number of hydrogen-bond donors (Lipinski definition) is 0. The highest BCUT2D eigenvalue weighted by Gasteiger charge is 2.31. The maximum absolute atomic E-state index is 12.6. The summed E-state index contributed by atoms with van der Waals surface area (Å²) in [6.45, 7) is 6.57.